The Bertz CT molecular complexity index is 795. The molecule has 3 aromatic rings. The van der Waals surface area contributed by atoms with E-state index in [1.165, 1.54) is 0 Å². The van der Waals surface area contributed by atoms with Gasteiger partial charge in [-0.3, -0.25) is 4.57 Å². The highest BCUT2D eigenvalue weighted by Gasteiger charge is 2.16. The van der Waals surface area contributed by atoms with Crippen LogP contribution in [-0.4, -0.2) is 22.8 Å². The van der Waals surface area contributed by atoms with E-state index in [4.69, 9.17) is 15.2 Å². The molecule has 4 rings (SSSR count). The van der Waals surface area contributed by atoms with Crippen molar-refractivity contribution in [2.45, 2.75) is 0 Å². The molecule has 0 atom stereocenters. The van der Waals surface area contributed by atoms with Gasteiger partial charge in [-0.15, -0.1) is 0 Å². The predicted octanol–water partition coefficient (Wildman–Crippen LogP) is 2.38. The molecule has 5 heteroatoms. The first-order valence-electron chi connectivity index (χ1n) is 6.44. The highest BCUT2D eigenvalue weighted by Crippen LogP contribution is 2.36. The Hall–Kier alpha value is -2.69. The quantitative estimate of drug-likeness (QED) is 0.688. The Morgan fingerprint density at radius 3 is 2.65 bits per heavy atom. The third-order valence-electron chi connectivity index (χ3n) is 3.40. The van der Waals surface area contributed by atoms with Gasteiger partial charge in [-0.1, -0.05) is 12.1 Å². The zero-order valence-electron chi connectivity index (χ0n) is 10.7. The Morgan fingerprint density at radius 1 is 1.05 bits per heavy atom. The molecule has 1 aliphatic heterocycles. The number of nitrogens with two attached hydrogens (primary N) is 1. The Labute approximate surface area is 115 Å². The zero-order valence-corrected chi connectivity index (χ0v) is 10.7. The lowest BCUT2D eigenvalue weighted by molar-refractivity contribution is 0.171. The van der Waals surface area contributed by atoms with E-state index in [9.17, 15) is 0 Å². The molecule has 100 valence electrons. The van der Waals surface area contributed by atoms with Crippen LogP contribution in [0.15, 0.2) is 42.7 Å². The summed E-state index contributed by atoms with van der Waals surface area (Å²) in [6.07, 6.45) is 1.77. The standard InChI is InChI=1S/C15H13N3O2/c16-10-7-14-15(20-6-5-19-14)8-13(10)18-9-17-11-3-1-2-4-12(11)18/h1-4,7-9H,5-6,16H2. The summed E-state index contributed by atoms with van der Waals surface area (Å²) in [5, 5.41) is 0. The number of aromatic nitrogens is 2. The van der Waals surface area contributed by atoms with Crippen molar-refractivity contribution in [2.75, 3.05) is 18.9 Å². The van der Waals surface area contributed by atoms with Crippen molar-refractivity contribution in [3.05, 3.63) is 42.7 Å². The van der Waals surface area contributed by atoms with Gasteiger partial charge in [0.1, 0.15) is 19.5 Å². The summed E-state index contributed by atoms with van der Waals surface area (Å²) in [5.41, 5.74) is 9.57. The second-order valence-electron chi connectivity index (χ2n) is 4.66. The topological polar surface area (TPSA) is 62.3 Å². The van der Waals surface area contributed by atoms with Crippen molar-refractivity contribution in [3.63, 3.8) is 0 Å². The van der Waals surface area contributed by atoms with Gasteiger partial charge in [0.15, 0.2) is 11.5 Å². The lowest BCUT2D eigenvalue weighted by Gasteiger charge is -2.20. The second-order valence-corrected chi connectivity index (χ2v) is 4.66. The average Bonchev–Trinajstić information content (AvgIpc) is 2.90. The van der Waals surface area contributed by atoms with E-state index in [-0.39, 0.29) is 0 Å². The molecular formula is C15H13N3O2. The van der Waals surface area contributed by atoms with Crippen molar-refractivity contribution < 1.29 is 9.47 Å². The van der Waals surface area contributed by atoms with Crippen LogP contribution in [0, 0.1) is 0 Å². The molecule has 0 saturated heterocycles. The van der Waals surface area contributed by atoms with Crippen LogP contribution in [0.1, 0.15) is 0 Å². The van der Waals surface area contributed by atoms with E-state index in [1.54, 1.807) is 12.4 Å². The summed E-state index contributed by atoms with van der Waals surface area (Å²) in [5.74, 6) is 1.42. The first-order valence-corrected chi connectivity index (χ1v) is 6.44. The van der Waals surface area contributed by atoms with Crippen LogP contribution in [0.5, 0.6) is 11.5 Å². The molecule has 0 fully saturated rings. The van der Waals surface area contributed by atoms with E-state index in [1.807, 2.05) is 34.9 Å². The monoisotopic (exact) mass is 267 g/mol. The fourth-order valence-electron chi connectivity index (χ4n) is 2.45. The van der Waals surface area contributed by atoms with Gasteiger partial charge >= 0.3 is 0 Å². The Morgan fingerprint density at radius 2 is 1.80 bits per heavy atom. The SMILES string of the molecule is Nc1cc2c(cc1-n1cnc3ccccc31)OCCO2. The van der Waals surface area contributed by atoms with Crippen molar-refractivity contribution in [2.24, 2.45) is 0 Å². The molecule has 5 nitrogen and oxygen atoms in total. The summed E-state index contributed by atoms with van der Waals surface area (Å²) in [6, 6.07) is 11.6. The minimum absolute atomic E-state index is 0.555. The van der Waals surface area contributed by atoms with Gasteiger partial charge in [0, 0.05) is 12.1 Å². The number of nitrogen functional groups attached to an aromatic ring is 1. The molecule has 0 spiro atoms. The van der Waals surface area contributed by atoms with Gasteiger partial charge in [0.2, 0.25) is 0 Å². The lowest BCUT2D eigenvalue weighted by Crippen LogP contribution is -2.16. The molecule has 1 aromatic heterocycles. The van der Waals surface area contributed by atoms with Crippen LogP contribution in [0.4, 0.5) is 5.69 Å². The number of rotatable bonds is 1. The summed E-state index contributed by atoms with van der Waals surface area (Å²) < 4.78 is 13.1. The molecule has 1 aliphatic rings. The molecule has 0 saturated carbocycles. The fourth-order valence-corrected chi connectivity index (χ4v) is 2.45. The fraction of sp³-hybridized carbons (Fsp3) is 0.133. The number of anilines is 1. The smallest absolute Gasteiger partial charge is 0.163 e. The Balaban J connectivity index is 1.93. The summed E-state index contributed by atoms with van der Waals surface area (Å²) in [4.78, 5) is 4.38. The molecule has 20 heavy (non-hydrogen) atoms. The number of imidazole rings is 1. The van der Waals surface area contributed by atoms with Crippen LogP contribution in [0.3, 0.4) is 0 Å². The molecule has 2 aromatic carbocycles. The maximum atomic E-state index is 6.14. The van der Waals surface area contributed by atoms with E-state index in [0.29, 0.717) is 24.7 Å². The van der Waals surface area contributed by atoms with Gasteiger partial charge in [0.25, 0.3) is 0 Å². The maximum Gasteiger partial charge on any atom is 0.163 e. The normalized spacial score (nSPS) is 13.6. The molecule has 0 amide bonds. The molecular weight excluding hydrogens is 254 g/mol. The molecule has 0 aliphatic carbocycles. The van der Waals surface area contributed by atoms with E-state index >= 15 is 0 Å². The number of hydrogen-bond acceptors (Lipinski definition) is 4. The number of nitrogens with zero attached hydrogens (tertiary/aromatic N) is 2. The molecule has 0 unspecified atom stereocenters. The van der Waals surface area contributed by atoms with Gasteiger partial charge in [-0.25, -0.2) is 4.98 Å². The van der Waals surface area contributed by atoms with Crippen molar-refractivity contribution in [1.82, 2.24) is 9.55 Å². The maximum absolute atomic E-state index is 6.14. The van der Waals surface area contributed by atoms with Crippen molar-refractivity contribution >= 4 is 16.7 Å². The molecule has 2 N–H and O–H groups in total. The van der Waals surface area contributed by atoms with Gasteiger partial charge < -0.3 is 15.2 Å². The second kappa shape index (κ2) is 4.16. The molecule has 0 bridgehead atoms. The van der Waals surface area contributed by atoms with Gasteiger partial charge in [0.05, 0.1) is 22.4 Å². The average molecular weight is 267 g/mol. The first-order chi connectivity index (χ1) is 9.83. The number of fused-ring (bicyclic) bond motifs is 2. The summed E-state index contributed by atoms with van der Waals surface area (Å²) in [6.45, 7) is 1.11. The third-order valence-corrected chi connectivity index (χ3v) is 3.40. The van der Waals surface area contributed by atoms with Crippen molar-refractivity contribution in [3.8, 4) is 17.2 Å². The van der Waals surface area contributed by atoms with Crippen LogP contribution < -0.4 is 15.2 Å². The zero-order chi connectivity index (χ0) is 13.5. The third kappa shape index (κ3) is 1.60. The minimum atomic E-state index is 0.555. The highest BCUT2D eigenvalue weighted by molar-refractivity contribution is 5.79. The first kappa shape index (κ1) is 11.2. The van der Waals surface area contributed by atoms with Crippen molar-refractivity contribution in [1.29, 1.82) is 0 Å². The van der Waals surface area contributed by atoms with E-state index in [0.717, 1.165) is 22.5 Å². The van der Waals surface area contributed by atoms with Crippen LogP contribution in [-0.2, 0) is 0 Å². The van der Waals surface area contributed by atoms with E-state index in [2.05, 4.69) is 4.98 Å². The molecule has 2 heterocycles. The number of benzene rings is 2. The highest BCUT2D eigenvalue weighted by atomic mass is 16.6. The van der Waals surface area contributed by atoms with Crippen LogP contribution in [0.2, 0.25) is 0 Å². The Kier molecular flexibility index (Phi) is 2.32. The van der Waals surface area contributed by atoms with Crippen LogP contribution >= 0.6 is 0 Å². The van der Waals surface area contributed by atoms with Gasteiger partial charge in [-0.2, -0.15) is 0 Å². The molecule has 0 radical (unpaired) electrons. The van der Waals surface area contributed by atoms with Crippen LogP contribution in [0.25, 0.3) is 16.7 Å². The largest absolute Gasteiger partial charge is 0.486 e. The lowest BCUT2D eigenvalue weighted by atomic mass is 10.2. The summed E-state index contributed by atoms with van der Waals surface area (Å²) >= 11 is 0. The number of para-hydroxylation sites is 2. The summed E-state index contributed by atoms with van der Waals surface area (Å²) in [7, 11) is 0. The van der Waals surface area contributed by atoms with Gasteiger partial charge in [-0.05, 0) is 12.1 Å². The predicted molar refractivity (Wildman–Crippen MR) is 76.5 cm³/mol. The van der Waals surface area contributed by atoms with E-state index < -0.39 is 0 Å². The number of ether oxygens (including phenoxy) is 2. The minimum Gasteiger partial charge on any atom is -0.486 e. The number of hydrogen-bond donors (Lipinski definition) is 1.